The number of rotatable bonds is 5. The van der Waals surface area contributed by atoms with Gasteiger partial charge in [0.05, 0.1) is 0 Å². The molecule has 102 valence electrons. The molecular weight excluding hydrogens is 252 g/mol. The van der Waals surface area contributed by atoms with Crippen LogP contribution in [0.2, 0.25) is 0 Å². The first-order chi connectivity index (χ1) is 7.54. The molecule has 11 heteroatoms. The van der Waals surface area contributed by atoms with Gasteiger partial charge >= 0.3 is 5.97 Å². The van der Waals surface area contributed by atoms with Crippen molar-refractivity contribution in [1.82, 2.24) is 0 Å². The van der Waals surface area contributed by atoms with Crippen molar-refractivity contribution in [1.29, 1.82) is 0 Å². The highest BCUT2D eigenvalue weighted by Gasteiger charge is 2.09. The SMILES string of the molecule is NC(N)=NCCCC(N)C(=O)O.NS(N)(=O)=O. The van der Waals surface area contributed by atoms with E-state index in [2.05, 4.69) is 15.3 Å². The van der Waals surface area contributed by atoms with Crippen LogP contribution in [0.1, 0.15) is 12.8 Å². The van der Waals surface area contributed by atoms with Crippen molar-refractivity contribution < 1.29 is 18.3 Å². The summed E-state index contributed by atoms with van der Waals surface area (Å²) < 4.78 is 18.4. The summed E-state index contributed by atoms with van der Waals surface area (Å²) in [5.41, 5.74) is 15.3. The molecule has 17 heavy (non-hydrogen) atoms. The van der Waals surface area contributed by atoms with E-state index in [1.165, 1.54) is 0 Å². The van der Waals surface area contributed by atoms with E-state index in [0.717, 1.165) is 0 Å². The van der Waals surface area contributed by atoms with Gasteiger partial charge in [0.25, 0.3) is 10.2 Å². The fourth-order valence-corrected chi connectivity index (χ4v) is 0.643. The van der Waals surface area contributed by atoms with Crippen molar-refractivity contribution in [2.45, 2.75) is 18.9 Å². The second kappa shape index (κ2) is 8.69. The predicted octanol–water partition coefficient (Wildman–Crippen LogP) is -3.40. The van der Waals surface area contributed by atoms with E-state index < -0.39 is 22.2 Å². The number of carboxylic acid groups (broad SMARTS) is 1. The number of carboxylic acids is 1. The fraction of sp³-hybridized carbons (Fsp3) is 0.667. The van der Waals surface area contributed by atoms with E-state index in [0.29, 0.717) is 19.4 Å². The zero-order chi connectivity index (χ0) is 14.1. The van der Waals surface area contributed by atoms with Gasteiger partial charge in [-0.15, -0.1) is 0 Å². The van der Waals surface area contributed by atoms with Crippen LogP contribution in [-0.4, -0.2) is 38.0 Å². The molecule has 11 N–H and O–H groups in total. The highest BCUT2D eigenvalue weighted by atomic mass is 32.2. The van der Waals surface area contributed by atoms with Gasteiger partial charge in [-0.05, 0) is 12.8 Å². The molecule has 0 radical (unpaired) electrons. The molecule has 0 bridgehead atoms. The molecule has 0 saturated heterocycles. The van der Waals surface area contributed by atoms with Gasteiger partial charge < -0.3 is 22.3 Å². The summed E-state index contributed by atoms with van der Waals surface area (Å²) in [6, 6.07) is -0.820. The van der Waals surface area contributed by atoms with Crippen molar-refractivity contribution >= 4 is 22.1 Å². The largest absolute Gasteiger partial charge is 0.480 e. The third-order valence-electron chi connectivity index (χ3n) is 1.28. The molecule has 0 fully saturated rings. The summed E-state index contributed by atoms with van der Waals surface area (Å²) in [6.45, 7) is 0.420. The summed E-state index contributed by atoms with van der Waals surface area (Å²) in [6.07, 6.45) is 0.956. The normalized spacial score (nSPS) is 11.9. The van der Waals surface area contributed by atoms with Crippen LogP contribution in [0.3, 0.4) is 0 Å². The molecule has 0 aliphatic carbocycles. The monoisotopic (exact) mass is 270 g/mol. The Morgan fingerprint density at radius 1 is 1.29 bits per heavy atom. The van der Waals surface area contributed by atoms with Crippen molar-refractivity contribution in [2.24, 2.45) is 32.5 Å². The lowest BCUT2D eigenvalue weighted by Crippen LogP contribution is -2.30. The molecule has 0 rings (SSSR count). The number of aliphatic carboxylic acids is 1. The summed E-state index contributed by atoms with van der Waals surface area (Å²) >= 11 is 0. The highest BCUT2D eigenvalue weighted by molar-refractivity contribution is 7.86. The molecule has 0 aromatic carbocycles. The minimum atomic E-state index is -3.67. The minimum absolute atomic E-state index is 0.0129. The van der Waals surface area contributed by atoms with E-state index >= 15 is 0 Å². The molecule has 10 nitrogen and oxygen atoms in total. The summed E-state index contributed by atoms with van der Waals surface area (Å²) in [7, 11) is -3.67. The molecule has 0 aliphatic rings. The maximum absolute atomic E-state index is 10.2. The molecule has 0 aromatic heterocycles. The second-order valence-electron chi connectivity index (χ2n) is 2.98. The van der Waals surface area contributed by atoms with Gasteiger partial charge in [0.15, 0.2) is 5.96 Å². The lowest BCUT2D eigenvalue weighted by molar-refractivity contribution is -0.138. The molecular formula is C6H18N6O4S. The van der Waals surface area contributed by atoms with Crippen LogP contribution < -0.4 is 27.5 Å². The molecule has 1 atom stereocenters. The first-order valence-corrected chi connectivity index (χ1v) is 5.99. The third kappa shape index (κ3) is 25.1. The Morgan fingerprint density at radius 3 is 2.00 bits per heavy atom. The van der Waals surface area contributed by atoms with Crippen LogP contribution in [0.5, 0.6) is 0 Å². The number of guanidine groups is 1. The van der Waals surface area contributed by atoms with Crippen molar-refractivity contribution in [2.75, 3.05) is 6.54 Å². The molecule has 0 aromatic rings. The standard InChI is InChI=1S/C6H14N4O2.H4N2O2S/c7-4(5(11)12)2-1-3-10-6(8)9;1-5(2,3)4/h4H,1-3,7H2,(H,11,12)(H4,8,9,10);(H4,1,2,3,4). The van der Waals surface area contributed by atoms with Crippen LogP contribution in [0, 0.1) is 0 Å². The van der Waals surface area contributed by atoms with Crippen molar-refractivity contribution in [3.63, 3.8) is 0 Å². The second-order valence-corrected chi connectivity index (χ2v) is 4.16. The Hall–Kier alpha value is -1.43. The number of carbonyl (C=O) groups is 1. The van der Waals surface area contributed by atoms with Gasteiger partial charge in [-0.2, -0.15) is 8.42 Å². The van der Waals surface area contributed by atoms with E-state index in [4.69, 9.17) is 22.3 Å². The van der Waals surface area contributed by atoms with E-state index in [-0.39, 0.29) is 5.96 Å². The molecule has 0 amide bonds. The predicted molar refractivity (Wildman–Crippen MR) is 62.8 cm³/mol. The Labute approximate surface area is 99.0 Å². The summed E-state index contributed by atoms with van der Waals surface area (Å²) in [4.78, 5) is 13.9. The zero-order valence-corrected chi connectivity index (χ0v) is 9.93. The van der Waals surface area contributed by atoms with Crippen molar-refractivity contribution in [3.8, 4) is 0 Å². The van der Waals surface area contributed by atoms with Gasteiger partial charge in [-0.3, -0.25) is 9.79 Å². The quantitative estimate of drug-likeness (QED) is 0.169. The van der Waals surface area contributed by atoms with Crippen LogP contribution in [-0.2, 0) is 15.0 Å². The van der Waals surface area contributed by atoms with Crippen LogP contribution >= 0.6 is 0 Å². The van der Waals surface area contributed by atoms with E-state index in [1.807, 2.05) is 0 Å². The van der Waals surface area contributed by atoms with E-state index in [9.17, 15) is 13.2 Å². The topological polar surface area (TPSA) is 214 Å². The maximum atomic E-state index is 10.2. The van der Waals surface area contributed by atoms with Gasteiger partial charge in [0.1, 0.15) is 6.04 Å². The number of nitrogens with zero attached hydrogens (tertiary/aromatic N) is 1. The molecule has 0 aliphatic heterocycles. The van der Waals surface area contributed by atoms with Gasteiger partial charge in [-0.25, -0.2) is 10.3 Å². The third-order valence-corrected chi connectivity index (χ3v) is 1.28. The lowest BCUT2D eigenvalue weighted by atomic mass is 10.2. The number of hydrogen-bond acceptors (Lipinski definition) is 5. The smallest absolute Gasteiger partial charge is 0.320 e. The average Bonchev–Trinajstić information content (AvgIpc) is 2.08. The van der Waals surface area contributed by atoms with Gasteiger partial charge in [0, 0.05) is 6.54 Å². The molecule has 1 unspecified atom stereocenters. The first-order valence-electron chi connectivity index (χ1n) is 4.38. The lowest BCUT2D eigenvalue weighted by Gasteiger charge is -2.03. The minimum Gasteiger partial charge on any atom is -0.480 e. The Kier molecular flexibility index (Phi) is 9.18. The van der Waals surface area contributed by atoms with Gasteiger partial charge in [-0.1, -0.05) is 0 Å². The molecule has 0 heterocycles. The van der Waals surface area contributed by atoms with Gasteiger partial charge in [0.2, 0.25) is 0 Å². The molecule has 0 spiro atoms. The number of nitrogens with two attached hydrogens (primary N) is 5. The van der Waals surface area contributed by atoms with Crippen LogP contribution in [0.15, 0.2) is 4.99 Å². The Morgan fingerprint density at radius 2 is 1.71 bits per heavy atom. The summed E-state index contributed by atoms with van der Waals surface area (Å²) in [5.74, 6) is -0.987. The van der Waals surface area contributed by atoms with Crippen molar-refractivity contribution in [3.05, 3.63) is 0 Å². The highest BCUT2D eigenvalue weighted by Crippen LogP contribution is 1.94. The van der Waals surface area contributed by atoms with Crippen LogP contribution in [0.25, 0.3) is 0 Å². The van der Waals surface area contributed by atoms with Crippen LogP contribution in [0.4, 0.5) is 0 Å². The average molecular weight is 270 g/mol. The fourth-order valence-electron chi connectivity index (χ4n) is 0.643. The maximum Gasteiger partial charge on any atom is 0.320 e. The zero-order valence-electron chi connectivity index (χ0n) is 9.11. The summed E-state index contributed by atoms with van der Waals surface area (Å²) in [5, 5.41) is 16.6. The Bertz CT molecular complexity index is 342. The Balaban J connectivity index is 0. The number of aliphatic imine (C=N–C) groups is 1. The van der Waals surface area contributed by atoms with E-state index in [1.54, 1.807) is 0 Å². The molecule has 0 saturated carbocycles. The first kappa shape index (κ1) is 17.9. The number of hydrogen-bond donors (Lipinski definition) is 6.